The van der Waals surface area contributed by atoms with Crippen LogP contribution in [0.1, 0.15) is 6.42 Å². The maximum atomic E-state index is 12.2. The van der Waals surface area contributed by atoms with Crippen molar-refractivity contribution < 1.29 is 49.0 Å². The molecule has 0 aliphatic carbocycles. The van der Waals surface area contributed by atoms with Crippen LogP contribution in [0.2, 0.25) is 0 Å². The van der Waals surface area contributed by atoms with Gasteiger partial charge in [-0.2, -0.15) is 0 Å². The molecular formula is C19H24O10. The Balaban J connectivity index is 2.21. The molecule has 4 N–H and O–H groups in total. The highest BCUT2D eigenvalue weighted by atomic mass is 16.8. The summed E-state index contributed by atoms with van der Waals surface area (Å²) in [7, 11) is 0. The Labute approximate surface area is 167 Å². The van der Waals surface area contributed by atoms with Crippen molar-refractivity contribution >= 4 is 12.3 Å². The number of hydrogen-bond donors (Lipinski definition) is 4. The standard InChI is InChI=1S/C19H24O10/c1-3-7-26-17(25)12-9-27-18(10(4-2)11(12)5-6-20)29-19-16(24)15(23)14(22)13(8-21)28-19/h1,4,6,9-11,13-16,18-19,21-24H,2,5,7-8H2/t10-,11+,13-,14-,15+,16-,18+,19+/m1/s1. The summed E-state index contributed by atoms with van der Waals surface area (Å²) in [5, 5.41) is 39.1. The summed E-state index contributed by atoms with van der Waals surface area (Å²) in [6, 6.07) is 0. The van der Waals surface area contributed by atoms with Gasteiger partial charge >= 0.3 is 5.97 Å². The zero-order valence-corrected chi connectivity index (χ0v) is 15.5. The van der Waals surface area contributed by atoms with Crippen LogP contribution in [0.25, 0.3) is 0 Å². The van der Waals surface area contributed by atoms with Gasteiger partial charge in [0.25, 0.3) is 0 Å². The van der Waals surface area contributed by atoms with Gasteiger partial charge in [0.05, 0.1) is 18.4 Å². The molecule has 8 atom stereocenters. The van der Waals surface area contributed by atoms with Crippen LogP contribution in [0.3, 0.4) is 0 Å². The van der Waals surface area contributed by atoms with Gasteiger partial charge in [-0.15, -0.1) is 13.0 Å². The molecule has 0 spiro atoms. The van der Waals surface area contributed by atoms with E-state index in [1.807, 2.05) is 0 Å². The summed E-state index contributed by atoms with van der Waals surface area (Å²) >= 11 is 0. The molecule has 160 valence electrons. The first-order valence-electron chi connectivity index (χ1n) is 8.87. The minimum atomic E-state index is -1.64. The van der Waals surface area contributed by atoms with E-state index in [1.54, 1.807) is 0 Å². The lowest BCUT2D eigenvalue weighted by atomic mass is 9.82. The summed E-state index contributed by atoms with van der Waals surface area (Å²) in [6.07, 6.45) is -0.511. The Kier molecular flexibility index (Phi) is 8.33. The van der Waals surface area contributed by atoms with Crippen molar-refractivity contribution in [3.63, 3.8) is 0 Å². The van der Waals surface area contributed by atoms with Gasteiger partial charge in [0.15, 0.2) is 12.9 Å². The number of esters is 1. The molecule has 2 rings (SSSR count). The number of carbonyl (C=O) groups is 2. The van der Waals surface area contributed by atoms with Crippen molar-refractivity contribution in [3.05, 3.63) is 24.5 Å². The lowest BCUT2D eigenvalue weighted by molar-refractivity contribution is -0.339. The van der Waals surface area contributed by atoms with Crippen LogP contribution in [0, 0.1) is 24.2 Å². The number of rotatable bonds is 8. The highest BCUT2D eigenvalue weighted by Gasteiger charge is 2.47. The fourth-order valence-corrected chi connectivity index (χ4v) is 3.20. The molecule has 0 aromatic carbocycles. The van der Waals surface area contributed by atoms with Crippen LogP contribution in [-0.4, -0.2) is 82.9 Å². The lowest BCUT2D eigenvalue weighted by Gasteiger charge is -2.42. The van der Waals surface area contributed by atoms with E-state index in [0.717, 1.165) is 6.26 Å². The number of terminal acetylenes is 1. The minimum Gasteiger partial charge on any atom is -0.471 e. The van der Waals surface area contributed by atoms with Crippen LogP contribution in [0.15, 0.2) is 24.5 Å². The van der Waals surface area contributed by atoms with Crippen LogP contribution < -0.4 is 0 Å². The van der Waals surface area contributed by atoms with E-state index in [0.29, 0.717) is 6.29 Å². The van der Waals surface area contributed by atoms with E-state index in [4.69, 9.17) is 25.4 Å². The molecule has 29 heavy (non-hydrogen) atoms. The summed E-state index contributed by atoms with van der Waals surface area (Å²) in [5.41, 5.74) is 0.0610. The molecule has 1 fully saturated rings. The number of ether oxygens (including phenoxy) is 4. The van der Waals surface area contributed by atoms with Crippen LogP contribution in [0.4, 0.5) is 0 Å². The van der Waals surface area contributed by atoms with Crippen LogP contribution >= 0.6 is 0 Å². The highest BCUT2D eigenvalue weighted by Crippen LogP contribution is 2.36. The third-order valence-corrected chi connectivity index (χ3v) is 4.77. The first kappa shape index (κ1) is 23.0. The van der Waals surface area contributed by atoms with Gasteiger partial charge in [-0.3, -0.25) is 0 Å². The van der Waals surface area contributed by atoms with Crippen molar-refractivity contribution in [1.82, 2.24) is 0 Å². The number of carbonyl (C=O) groups excluding carboxylic acids is 2. The number of aliphatic hydroxyl groups is 4. The quantitative estimate of drug-likeness (QED) is 0.156. The van der Waals surface area contributed by atoms with Gasteiger partial charge < -0.3 is 44.2 Å². The van der Waals surface area contributed by atoms with Crippen molar-refractivity contribution in [2.45, 2.75) is 43.4 Å². The average molecular weight is 412 g/mol. The fraction of sp³-hybridized carbons (Fsp3) is 0.579. The highest BCUT2D eigenvalue weighted by molar-refractivity contribution is 5.89. The zero-order valence-electron chi connectivity index (χ0n) is 15.5. The average Bonchev–Trinajstić information content (AvgIpc) is 2.72. The molecule has 10 nitrogen and oxygen atoms in total. The number of aldehydes is 1. The van der Waals surface area contributed by atoms with E-state index in [-0.39, 0.29) is 18.6 Å². The lowest BCUT2D eigenvalue weighted by Crippen LogP contribution is -2.60. The third kappa shape index (κ3) is 5.02. The van der Waals surface area contributed by atoms with Crippen LogP contribution in [0.5, 0.6) is 0 Å². The number of aliphatic hydroxyl groups excluding tert-OH is 4. The molecule has 0 aromatic heterocycles. The molecule has 0 amide bonds. The van der Waals surface area contributed by atoms with E-state index in [1.165, 1.54) is 6.08 Å². The fourth-order valence-electron chi connectivity index (χ4n) is 3.20. The van der Waals surface area contributed by atoms with E-state index >= 15 is 0 Å². The Bertz CT molecular complexity index is 666. The molecule has 2 aliphatic heterocycles. The summed E-state index contributed by atoms with van der Waals surface area (Å²) in [5.74, 6) is -0.0359. The zero-order chi connectivity index (χ0) is 21.6. The topological polar surface area (TPSA) is 152 Å². The Morgan fingerprint density at radius 3 is 2.59 bits per heavy atom. The molecule has 0 aromatic rings. The molecule has 2 aliphatic rings. The van der Waals surface area contributed by atoms with Crippen molar-refractivity contribution in [2.75, 3.05) is 13.2 Å². The van der Waals surface area contributed by atoms with Crippen LogP contribution in [-0.2, 0) is 28.5 Å². The van der Waals surface area contributed by atoms with Gasteiger partial charge in [0, 0.05) is 18.3 Å². The predicted molar refractivity (Wildman–Crippen MR) is 95.5 cm³/mol. The van der Waals surface area contributed by atoms with Gasteiger partial charge in [0.2, 0.25) is 6.29 Å². The molecule has 2 heterocycles. The Hall–Kier alpha value is -2.26. The van der Waals surface area contributed by atoms with Gasteiger partial charge in [-0.05, 0) is 0 Å². The van der Waals surface area contributed by atoms with E-state index in [9.17, 15) is 30.0 Å². The predicted octanol–water partition coefficient (Wildman–Crippen LogP) is -1.77. The first-order chi connectivity index (χ1) is 13.9. The molecule has 0 bridgehead atoms. The smallest absolute Gasteiger partial charge is 0.338 e. The third-order valence-electron chi connectivity index (χ3n) is 4.77. The minimum absolute atomic E-state index is 0.0610. The molecule has 0 radical (unpaired) electrons. The largest absolute Gasteiger partial charge is 0.471 e. The van der Waals surface area contributed by atoms with Crippen molar-refractivity contribution in [1.29, 1.82) is 0 Å². The van der Waals surface area contributed by atoms with Gasteiger partial charge in [-0.25, -0.2) is 4.79 Å². The molecule has 0 saturated carbocycles. The summed E-state index contributed by atoms with van der Waals surface area (Å²) in [6.45, 7) is 2.79. The molecular weight excluding hydrogens is 388 g/mol. The Morgan fingerprint density at radius 1 is 1.28 bits per heavy atom. The normalized spacial score (nSPS) is 36.9. The second-order valence-corrected chi connectivity index (χ2v) is 6.51. The maximum absolute atomic E-state index is 12.2. The van der Waals surface area contributed by atoms with Gasteiger partial charge in [-0.1, -0.05) is 12.0 Å². The second-order valence-electron chi connectivity index (χ2n) is 6.51. The summed E-state index contributed by atoms with van der Waals surface area (Å²) in [4.78, 5) is 23.3. The molecule has 0 unspecified atom stereocenters. The maximum Gasteiger partial charge on any atom is 0.338 e. The Morgan fingerprint density at radius 2 is 2.00 bits per heavy atom. The molecule has 10 heteroatoms. The second kappa shape index (κ2) is 10.5. The first-order valence-corrected chi connectivity index (χ1v) is 8.87. The van der Waals surface area contributed by atoms with Crippen molar-refractivity contribution in [3.8, 4) is 12.3 Å². The summed E-state index contributed by atoms with van der Waals surface area (Å²) < 4.78 is 21.2. The van der Waals surface area contributed by atoms with E-state index < -0.39 is 61.4 Å². The SMILES string of the molecule is C#CCOC(=O)C1=CO[C@@H](O[C@@H]2O[C@H](CO)[C@@H](O)[C@H](O)[C@H]2O)[C@H](C=C)[C@@H]1CC=O. The van der Waals surface area contributed by atoms with Gasteiger partial charge in [0.1, 0.15) is 30.7 Å². The molecule has 1 saturated heterocycles. The number of hydrogen-bond acceptors (Lipinski definition) is 10. The monoisotopic (exact) mass is 412 g/mol. The van der Waals surface area contributed by atoms with E-state index in [2.05, 4.69) is 12.5 Å². The van der Waals surface area contributed by atoms with Crippen molar-refractivity contribution in [2.24, 2.45) is 11.8 Å².